The van der Waals surface area contributed by atoms with Crippen LogP contribution in [0.1, 0.15) is 24.1 Å². The summed E-state index contributed by atoms with van der Waals surface area (Å²) in [6.07, 6.45) is -4.73. The average molecular weight is 500 g/mol. The van der Waals surface area contributed by atoms with E-state index in [1.807, 2.05) is 0 Å². The maximum Gasteiger partial charge on any atom is 0.416 e. The third-order valence-electron chi connectivity index (χ3n) is 4.38. The summed E-state index contributed by atoms with van der Waals surface area (Å²) in [4.78, 5) is 19.0. The number of aliphatic hydroxyl groups excluding tert-OH is 1. The largest absolute Gasteiger partial charge is 0.416 e. The molecule has 0 amide bonds. The average Bonchev–Trinajstić information content (AvgIpc) is 2.71. The molecule has 0 radical (unpaired) electrons. The van der Waals surface area contributed by atoms with Crippen molar-refractivity contribution in [1.82, 2.24) is 9.97 Å². The van der Waals surface area contributed by atoms with Crippen LogP contribution in [0.25, 0.3) is 10.9 Å². The molecule has 31 heavy (non-hydrogen) atoms. The van der Waals surface area contributed by atoms with Gasteiger partial charge in [-0.2, -0.15) is 18.2 Å². The van der Waals surface area contributed by atoms with E-state index in [0.717, 1.165) is 16.6 Å². The summed E-state index contributed by atoms with van der Waals surface area (Å²) in [5, 5.41) is 26.6. The van der Waals surface area contributed by atoms with E-state index in [1.54, 1.807) is 25.1 Å². The molecular weight excluding hydrogens is 483 g/mol. The number of hydrogen-bond acceptors (Lipinski definition) is 7. The Morgan fingerprint density at radius 3 is 2.61 bits per heavy atom. The van der Waals surface area contributed by atoms with Crippen molar-refractivity contribution in [2.75, 3.05) is 23.8 Å². The standard InChI is InChI=1S/C19H17BrF3N5O3/c1-10(11-6-12(19(21,22)23)8-14(7-11)28(30)31)25-17-15-9-13(20)2-3-16(15)26-18(27-17)24-4-5-29/h2-3,6-10,29H,4-5H2,1H3,(H2,24,25,26,27). The van der Waals surface area contributed by atoms with Crippen LogP contribution < -0.4 is 10.6 Å². The van der Waals surface area contributed by atoms with Crippen molar-refractivity contribution >= 4 is 44.3 Å². The molecule has 0 aliphatic rings. The number of aliphatic hydroxyl groups is 1. The Balaban J connectivity index is 2.04. The minimum Gasteiger partial charge on any atom is -0.395 e. The van der Waals surface area contributed by atoms with Gasteiger partial charge in [0, 0.05) is 28.5 Å². The van der Waals surface area contributed by atoms with Crippen LogP contribution in [0.5, 0.6) is 0 Å². The SMILES string of the molecule is CC(Nc1nc(NCCO)nc2ccc(Br)cc12)c1cc([N+](=O)[O-])cc(C(F)(F)F)c1. The molecule has 8 nitrogen and oxygen atoms in total. The Kier molecular flexibility index (Phi) is 6.60. The van der Waals surface area contributed by atoms with E-state index >= 15 is 0 Å². The molecule has 0 saturated carbocycles. The lowest BCUT2D eigenvalue weighted by Gasteiger charge is -2.19. The van der Waals surface area contributed by atoms with Crippen molar-refractivity contribution in [1.29, 1.82) is 0 Å². The fraction of sp³-hybridized carbons (Fsp3) is 0.263. The van der Waals surface area contributed by atoms with Crippen LogP contribution in [-0.4, -0.2) is 33.1 Å². The van der Waals surface area contributed by atoms with E-state index in [9.17, 15) is 23.3 Å². The molecule has 0 fully saturated rings. The summed E-state index contributed by atoms with van der Waals surface area (Å²) in [6, 6.07) is 6.97. The van der Waals surface area contributed by atoms with E-state index in [-0.39, 0.29) is 24.7 Å². The lowest BCUT2D eigenvalue weighted by Crippen LogP contribution is -2.14. The molecule has 3 rings (SSSR count). The number of nitro benzene ring substituents is 1. The van der Waals surface area contributed by atoms with Crippen molar-refractivity contribution in [2.45, 2.75) is 19.1 Å². The van der Waals surface area contributed by atoms with Gasteiger partial charge in [0.15, 0.2) is 0 Å². The highest BCUT2D eigenvalue weighted by molar-refractivity contribution is 9.10. The molecule has 1 atom stereocenters. The van der Waals surface area contributed by atoms with Crippen molar-refractivity contribution in [3.8, 4) is 0 Å². The van der Waals surface area contributed by atoms with E-state index in [0.29, 0.717) is 22.8 Å². The topological polar surface area (TPSA) is 113 Å². The number of fused-ring (bicyclic) bond motifs is 1. The fourth-order valence-electron chi connectivity index (χ4n) is 2.90. The van der Waals surface area contributed by atoms with Gasteiger partial charge in [0.05, 0.1) is 28.7 Å². The molecule has 12 heteroatoms. The van der Waals surface area contributed by atoms with Crippen LogP contribution >= 0.6 is 15.9 Å². The summed E-state index contributed by atoms with van der Waals surface area (Å²) >= 11 is 3.36. The quantitative estimate of drug-likeness (QED) is 0.313. The van der Waals surface area contributed by atoms with Gasteiger partial charge in [0.2, 0.25) is 5.95 Å². The van der Waals surface area contributed by atoms with Gasteiger partial charge in [-0.05, 0) is 36.8 Å². The number of anilines is 2. The predicted octanol–water partition coefficient (Wildman–Crippen LogP) is 4.90. The summed E-state index contributed by atoms with van der Waals surface area (Å²) in [6.45, 7) is 1.64. The van der Waals surface area contributed by atoms with Crippen LogP contribution in [0.4, 0.5) is 30.6 Å². The first-order valence-electron chi connectivity index (χ1n) is 9.03. The number of non-ortho nitro benzene ring substituents is 1. The third-order valence-corrected chi connectivity index (χ3v) is 4.88. The van der Waals surface area contributed by atoms with Gasteiger partial charge in [-0.25, -0.2) is 4.98 Å². The summed E-state index contributed by atoms with van der Waals surface area (Å²) < 4.78 is 40.4. The van der Waals surface area contributed by atoms with Crippen LogP contribution in [0.15, 0.2) is 40.9 Å². The van der Waals surface area contributed by atoms with Crippen LogP contribution in [-0.2, 0) is 6.18 Å². The number of benzene rings is 2. The van der Waals surface area contributed by atoms with Gasteiger partial charge < -0.3 is 15.7 Å². The highest BCUT2D eigenvalue weighted by Crippen LogP contribution is 2.35. The predicted molar refractivity (Wildman–Crippen MR) is 113 cm³/mol. The van der Waals surface area contributed by atoms with E-state index < -0.39 is 28.4 Å². The maximum atomic E-state index is 13.2. The minimum atomic E-state index is -4.73. The molecule has 2 aromatic carbocycles. The first-order chi connectivity index (χ1) is 14.6. The van der Waals surface area contributed by atoms with Crippen molar-refractivity contribution in [3.63, 3.8) is 0 Å². The monoisotopic (exact) mass is 499 g/mol. The molecule has 0 saturated heterocycles. The minimum absolute atomic E-state index is 0.0770. The summed E-state index contributed by atoms with van der Waals surface area (Å²) in [7, 11) is 0. The maximum absolute atomic E-state index is 13.2. The first kappa shape index (κ1) is 22.7. The molecule has 1 aromatic heterocycles. The molecule has 3 N–H and O–H groups in total. The number of nitrogens with one attached hydrogen (secondary N) is 2. The lowest BCUT2D eigenvalue weighted by molar-refractivity contribution is -0.385. The Labute approximate surface area is 182 Å². The molecule has 164 valence electrons. The highest BCUT2D eigenvalue weighted by Gasteiger charge is 2.33. The molecule has 0 aliphatic carbocycles. The van der Waals surface area contributed by atoms with Crippen LogP contribution in [0.3, 0.4) is 0 Å². The van der Waals surface area contributed by atoms with Gasteiger partial charge >= 0.3 is 6.18 Å². The van der Waals surface area contributed by atoms with Crippen molar-refractivity contribution < 1.29 is 23.2 Å². The number of halogens is 4. The van der Waals surface area contributed by atoms with Crippen LogP contribution in [0, 0.1) is 10.1 Å². The van der Waals surface area contributed by atoms with Gasteiger partial charge in [-0.1, -0.05) is 15.9 Å². The zero-order valence-corrected chi connectivity index (χ0v) is 17.7. The number of aromatic nitrogens is 2. The number of hydrogen-bond donors (Lipinski definition) is 3. The molecule has 0 spiro atoms. The van der Waals surface area contributed by atoms with E-state index in [1.165, 1.54) is 0 Å². The van der Waals surface area contributed by atoms with Gasteiger partial charge in [-0.3, -0.25) is 10.1 Å². The number of nitrogens with zero attached hydrogens (tertiary/aromatic N) is 3. The molecule has 1 heterocycles. The van der Waals surface area contributed by atoms with Crippen molar-refractivity contribution in [2.24, 2.45) is 0 Å². The number of rotatable bonds is 7. The van der Waals surface area contributed by atoms with Crippen LogP contribution in [0.2, 0.25) is 0 Å². The zero-order valence-electron chi connectivity index (χ0n) is 16.1. The normalized spacial score (nSPS) is 12.6. The Morgan fingerprint density at radius 2 is 1.97 bits per heavy atom. The fourth-order valence-corrected chi connectivity index (χ4v) is 3.26. The van der Waals surface area contributed by atoms with Crippen molar-refractivity contribution in [3.05, 3.63) is 62.1 Å². The van der Waals surface area contributed by atoms with E-state index in [2.05, 4.69) is 36.5 Å². The van der Waals surface area contributed by atoms with Gasteiger partial charge in [0.1, 0.15) is 5.82 Å². The third kappa shape index (κ3) is 5.39. The van der Waals surface area contributed by atoms with E-state index in [4.69, 9.17) is 5.11 Å². The summed E-state index contributed by atoms with van der Waals surface area (Å²) in [5.74, 6) is 0.535. The second-order valence-corrected chi connectivity index (χ2v) is 7.56. The molecule has 1 unspecified atom stereocenters. The highest BCUT2D eigenvalue weighted by atomic mass is 79.9. The molecular formula is C19H17BrF3N5O3. The lowest BCUT2D eigenvalue weighted by atomic mass is 10.0. The molecule has 0 bridgehead atoms. The molecule has 0 aliphatic heterocycles. The second kappa shape index (κ2) is 9.02. The smallest absolute Gasteiger partial charge is 0.395 e. The molecule has 3 aromatic rings. The number of nitro groups is 1. The first-order valence-corrected chi connectivity index (χ1v) is 9.83. The zero-order chi connectivity index (χ0) is 22.8. The second-order valence-electron chi connectivity index (χ2n) is 6.64. The Hall–Kier alpha value is -2.99. The summed E-state index contributed by atoms with van der Waals surface area (Å²) in [5.41, 5.74) is -1.12. The Morgan fingerprint density at radius 1 is 1.23 bits per heavy atom. The number of alkyl halides is 3. The van der Waals surface area contributed by atoms with Gasteiger partial charge in [-0.15, -0.1) is 0 Å². The van der Waals surface area contributed by atoms with Gasteiger partial charge in [0.25, 0.3) is 5.69 Å². The Bertz CT molecular complexity index is 1130.